The lowest BCUT2D eigenvalue weighted by Crippen LogP contribution is -2.58. The maximum Gasteiger partial charge on any atom is 0.250 e. The predicted octanol–water partition coefficient (Wildman–Crippen LogP) is 1.10. The zero-order valence-corrected chi connectivity index (χ0v) is 10.8. The second kappa shape index (κ2) is 5.57. The normalized spacial score (nSPS) is 22.8. The zero-order chi connectivity index (χ0) is 13.8. The molecule has 1 saturated heterocycles. The van der Waals surface area contributed by atoms with Gasteiger partial charge in [0.1, 0.15) is 12.1 Å². The maximum absolute atomic E-state index is 12.4. The molecule has 0 saturated carbocycles. The average Bonchev–Trinajstić information content (AvgIpc) is 2.44. The molecule has 0 aromatic heterocycles. The van der Waals surface area contributed by atoms with Crippen LogP contribution in [0.1, 0.15) is 24.9 Å². The number of rotatable bonds is 3. The van der Waals surface area contributed by atoms with Gasteiger partial charge in [-0.25, -0.2) is 0 Å². The van der Waals surface area contributed by atoms with Crippen LogP contribution in [0.3, 0.4) is 0 Å². The maximum atomic E-state index is 12.4. The smallest absolute Gasteiger partial charge is 0.250 e. The number of carbonyl (C=O) groups excluding carboxylic acids is 2. The van der Waals surface area contributed by atoms with E-state index in [0.717, 1.165) is 5.56 Å². The Hall–Kier alpha value is -2.28. The molecule has 98 valence electrons. The molecule has 2 rings (SSSR count). The first-order valence-electron chi connectivity index (χ1n) is 6.24. The van der Waals surface area contributed by atoms with Crippen molar-refractivity contribution in [3.05, 3.63) is 35.9 Å². The molecular formula is C15H16N2O2. The molecule has 1 aromatic rings. The number of amides is 2. The molecule has 0 aliphatic carbocycles. The molecule has 0 bridgehead atoms. The van der Waals surface area contributed by atoms with Crippen molar-refractivity contribution in [2.75, 3.05) is 6.54 Å². The number of nitrogens with one attached hydrogen (secondary N) is 1. The number of nitrogens with zero attached hydrogens (tertiary/aromatic N) is 1. The Morgan fingerprint density at radius 2 is 2.00 bits per heavy atom. The quantitative estimate of drug-likeness (QED) is 0.823. The monoisotopic (exact) mass is 256 g/mol. The second-order valence-corrected chi connectivity index (χ2v) is 4.51. The zero-order valence-electron chi connectivity index (χ0n) is 10.8. The van der Waals surface area contributed by atoms with Crippen LogP contribution in [0, 0.1) is 12.3 Å². The Kier molecular flexibility index (Phi) is 3.86. The highest BCUT2D eigenvalue weighted by molar-refractivity contribution is 5.97. The van der Waals surface area contributed by atoms with E-state index < -0.39 is 12.1 Å². The largest absolute Gasteiger partial charge is 0.339 e. The van der Waals surface area contributed by atoms with Crippen molar-refractivity contribution in [3.63, 3.8) is 0 Å². The first-order chi connectivity index (χ1) is 9.15. The van der Waals surface area contributed by atoms with E-state index in [-0.39, 0.29) is 11.8 Å². The molecule has 4 heteroatoms. The summed E-state index contributed by atoms with van der Waals surface area (Å²) in [5.41, 5.74) is 0.790. The van der Waals surface area contributed by atoms with Crippen LogP contribution in [0.15, 0.2) is 30.3 Å². The first-order valence-corrected chi connectivity index (χ1v) is 6.24. The van der Waals surface area contributed by atoms with Gasteiger partial charge in [-0.3, -0.25) is 9.59 Å². The summed E-state index contributed by atoms with van der Waals surface area (Å²) in [7, 11) is 0. The molecule has 19 heavy (non-hydrogen) atoms. The van der Waals surface area contributed by atoms with E-state index in [1.54, 1.807) is 11.8 Å². The summed E-state index contributed by atoms with van der Waals surface area (Å²) < 4.78 is 0. The SMILES string of the molecule is C#CCCN1C(=O)C(c2ccccc2)NC(=O)C1C. The van der Waals surface area contributed by atoms with E-state index in [0.29, 0.717) is 13.0 Å². The Morgan fingerprint density at radius 3 is 2.63 bits per heavy atom. The van der Waals surface area contributed by atoms with Gasteiger partial charge in [0, 0.05) is 13.0 Å². The minimum atomic E-state index is -0.609. The van der Waals surface area contributed by atoms with Crippen LogP contribution in [0.2, 0.25) is 0 Å². The van der Waals surface area contributed by atoms with Gasteiger partial charge in [-0.2, -0.15) is 0 Å². The van der Waals surface area contributed by atoms with E-state index in [1.807, 2.05) is 30.3 Å². The summed E-state index contributed by atoms with van der Waals surface area (Å²) in [5, 5.41) is 2.76. The lowest BCUT2D eigenvalue weighted by Gasteiger charge is -2.37. The Bertz CT molecular complexity index is 519. The van der Waals surface area contributed by atoms with Crippen molar-refractivity contribution in [1.82, 2.24) is 10.2 Å². The van der Waals surface area contributed by atoms with Gasteiger partial charge in [-0.05, 0) is 12.5 Å². The fourth-order valence-corrected chi connectivity index (χ4v) is 2.18. The molecular weight excluding hydrogens is 240 g/mol. The first kappa shape index (κ1) is 13.2. The fraction of sp³-hybridized carbons (Fsp3) is 0.333. The Morgan fingerprint density at radius 1 is 1.32 bits per heavy atom. The van der Waals surface area contributed by atoms with Crippen LogP contribution in [-0.4, -0.2) is 29.3 Å². The average molecular weight is 256 g/mol. The second-order valence-electron chi connectivity index (χ2n) is 4.51. The van der Waals surface area contributed by atoms with Gasteiger partial charge in [0.25, 0.3) is 5.91 Å². The van der Waals surface area contributed by atoms with Crippen molar-refractivity contribution in [2.45, 2.75) is 25.4 Å². The number of terminal acetylenes is 1. The number of hydrogen-bond acceptors (Lipinski definition) is 2. The molecule has 1 N–H and O–H groups in total. The summed E-state index contributed by atoms with van der Waals surface area (Å²) in [6, 6.07) is 8.15. The van der Waals surface area contributed by atoms with Gasteiger partial charge in [0.05, 0.1) is 0 Å². The van der Waals surface area contributed by atoms with Crippen LogP contribution in [-0.2, 0) is 9.59 Å². The van der Waals surface area contributed by atoms with E-state index in [2.05, 4.69) is 11.2 Å². The van der Waals surface area contributed by atoms with Crippen LogP contribution >= 0.6 is 0 Å². The summed E-state index contributed by atoms with van der Waals surface area (Å²) in [6.45, 7) is 2.12. The van der Waals surface area contributed by atoms with Gasteiger partial charge < -0.3 is 10.2 Å². The van der Waals surface area contributed by atoms with Crippen molar-refractivity contribution >= 4 is 11.8 Å². The van der Waals surface area contributed by atoms with Gasteiger partial charge >= 0.3 is 0 Å². The Balaban J connectivity index is 2.25. The van der Waals surface area contributed by atoms with Gasteiger partial charge in [-0.15, -0.1) is 12.3 Å². The standard InChI is InChI=1S/C15H16N2O2/c1-3-4-10-17-11(2)14(18)16-13(15(17)19)12-8-6-5-7-9-12/h1,5-9,11,13H,4,10H2,2H3,(H,16,18). The third-order valence-electron chi connectivity index (χ3n) is 3.29. The molecule has 1 aliphatic rings. The molecule has 4 nitrogen and oxygen atoms in total. The minimum absolute atomic E-state index is 0.103. The third-order valence-corrected chi connectivity index (χ3v) is 3.29. The third kappa shape index (κ3) is 2.60. The van der Waals surface area contributed by atoms with Crippen molar-refractivity contribution in [2.24, 2.45) is 0 Å². The summed E-state index contributed by atoms with van der Waals surface area (Å²) in [4.78, 5) is 25.9. The molecule has 2 atom stereocenters. The highest BCUT2D eigenvalue weighted by Gasteiger charge is 2.38. The van der Waals surface area contributed by atoms with Crippen LogP contribution in [0.5, 0.6) is 0 Å². The van der Waals surface area contributed by atoms with Crippen molar-refractivity contribution in [3.8, 4) is 12.3 Å². The predicted molar refractivity (Wildman–Crippen MR) is 72.0 cm³/mol. The number of hydrogen-bond donors (Lipinski definition) is 1. The molecule has 0 spiro atoms. The number of carbonyl (C=O) groups is 2. The topological polar surface area (TPSA) is 49.4 Å². The van der Waals surface area contributed by atoms with Crippen LogP contribution in [0.25, 0.3) is 0 Å². The Labute approximate surface area is 112 Å². The van der Waals surface area contributed by atoms with Crippen LogP contribution in [0.4, 0.5) is 0 Å². The molecule has 1 aromatic carbocycles. The van der Waals surface area contributed by atoms with Crippen molar-refractivity contribution < 1.29 is 9.59 Å². The number of piperazine rings is 1. The van der Waals surface area contributed by atoms with E-state index in [1.165, 1.54) is 0 Å². The van der Waals surface area contributed by atoms with E-state index in [9.17, 15) is 9.59 Å². The fourth-order valence-electron chi connectivity index (χ4n) is 2.18. The molecule has 1 aliphatic heterocycles. The number of benzene rings is 1. The van der Waals surface area contributed by atoms with E-state index >= 15 is 0 Å². The molecule has 0 radical (unpaired) electrons. The lowest BCUT2D eigenvalue weighted by atomic mass is 10.0. The van der Waals surface area contributed by atoms with Crippen LogP contribution < -0.4 is 5.32 Å². The molecule has 1 heterocycles. The highest BCUT2D eigenvalue weighted by Crippen LogP contribution is 2.22. The highest BCUT2D eigenvalue weighted by atomic mass is 16.2. The van der Waals surface area contributed by atoms with Gasteiger partial charge in [0.15, 0.2) is 0 Å². The summed E-state index contributed by atoms with van der Waals surface area (Å²) in [6.07, 6.45) is 5.68. The summed E-state index contributed by atoms with van der Waals surface area (Å²) in [5.74, 6) is 2.25. The molecule has 2 unspecified atom stereocenters. The van der Waals surface area contributed by atoms with Crippen molar-refractivity contribution in [1.29, 1.82) is 0 Å². The molecule has 1 fully saturated rings. The van der Waals surface area contributed by atoms with E-state index in [4.69, 9.17) is 6.42 Å². The van der Waals surface area contributed by atoms with Gasteiger partial charge in [-0.1, -0.05) is 30.3 Å². The van der Waals surface area contributed by atoms with Gasteiger partial charge in [0.2, 0.25) is 5.91 Å². The lowest BCUT2D eigenvalue weighted by molar-refractivity contribution is -0.148. The molecule has 2 amide bonds. The minimum Gasteiger partial charge on any atom is -0.339 e. The summed E-state index contributed by atoms with van der Waals surface area (Å²) >= 11 is 0.